The Morgan fingerprint density at radius 2 is 1.96 bits per heavy atom. The van der Waals surface area contributed by atoms with Gasteiger partial charge in [-0.2, -0.15) is 5.26 Å². The van der Waals surface area contributed by atoms with E-state index in [1.54, 1.807) is 18.5 Å². The Morgan fingerprint density at radius 1 is 1.07 bits per heavy atom. The van der Waals surface area contributed by atoms with Gasteiger partial charge in [-0.05, 0) is 48.2 Å². The Labute approximate surface area is 162 Å². The van der Waals surface area contributed by atoms with Crippen molar-refractivity contribution in [2.24, 2.45) is 0 Å². The molecule has 0 saturated carbocycles. The van der Waals surface area contributed by atoms with Crippen LogP contribution in [-0.2, 0) is 6.42 Å². The summed E-state index contributed by atoms with van der Waals surface area (Å²) in [6.07, 6.45) is 7.17. The number of para-hydroxylation sites is 1. The number of H-pyrrole nitrogens is 1. The standard InChI is InChI=1S/C23H18FN3O/c24-22-8-7-16(10-18(22)12-25)19-11-20(15-26-13-19)28-9-3-4-17-14-27-23-6-2-1-5-21(17)23/h1-2,5-8,10-11,13-15,27H,3-4,9H2. The number of aromatic nitrogens is 2. The van der Waals surface area contributed by atoms with Crippen LogP contribution in [0.4, 0.5) is 4.39 Å². The molecule has 0 atom stereocenters. The van der Waals surface area contributed by atoms with Crippen molar-refractivity contribution in [3.8, 4) is 22.9 Å². The van der Waals surface area contributed by atoms with Crippen LogP contribution in [-0.4, -0.2) is 16.6 Å². The summed E-state index contributed by atoms with van der Waals surface area (Å²) >= 11 is 0. The van der Waals surface area contributed by atoms with E-state index in [1.165, 1.54) is 23.1 Å². The molecule has 2 heterocycles. The van der Waals surface area contributed by atoms with Crippen LogP contribution in [0, 0.1) is 17.1 Å². The number of nitrogens with one attached hydrogen (secondary N) is 1. The maximum absolute atomic E-state index is 13.5. The molecule has 0 aliphatic rings. The van der Waals surface area contributed by atoms with Crippen molar-refractivity contribution in [1.82, 2.24) is 9.97 Å². The summed E-state index contributed by atoms with van der Waals surface area (Å²) in [7, 11) is 0. The van der Waals surface area contributed by atoms with Gasteiger partial charge in [-0.25, -0.2) is 4.39 Å². The Kier molecular flexibility index (Phi) is 5.03. The highest BCUT2D eigenvalue weighted by atomic mass is 19.1. The van der Waals surface area contributed by atoms with Gasteiger partial charge in [0.2, 0.25) is 0 Å². The van der Waals surface area contributed by atoms with Crippen molar-refractivity contribution in [3.63, 3.8) is 0 Å². The molecule has 0 fully saturated rings. The van der Waals surface area contributed by atoms with E-state index in [0.717, 1.165) is 29.5 Å². The second-order valence-electron chi connectivity index (χ2n) is 6.53. The molecule has 4 aromatic rings. The van der Waals surface area contributed by atoms with Crippen molar-refractivity contribution < 1.29 is 9.13 Å². The van der Waals surface area contributed by atoms with Gasteiger partial charge in [0.25, 0.3) is 0 Å². The van der Waals surface area contributed by atoms with Crippen molar-refractivity contribution in [3.05, 3.63) is 84.1 Å². The fourth-order valence-electron chi connectivity index (χ4n) is 3.24. The lowest BCUT2D eigenvalue weighted by Crippen LogP contribution is -2.00. The molecule has 4 rings (SSSR count). The van der Waals surface area contributed by atoms with Crippen LogP contribution in [0.2, 0.25) is 0 Å². The van der Waals surface area contributed by atoms with Crippen LogP contribution < -0.4 is 4.74 Å². The predicted octanol–water partition coefficient (Wildman–Crippen LogP) is 5.25. The van der Waals surface area contributed by atoms with Crippen molar-refractivity contribution in [2.45, 2.75) is 12.8 Å². The summed E-state index contributed by atoms with van der Waals surface area (Å²) in [4.78, 5) is 7.49. The molecule has 138 valence electrons. The number of benzene rings is 2. The van der Waals surface area contributed by atoms with E-state index in [1.807, 2.05) is 30.5 Å². The number of pyridine rings is 1. The number of halogens is 1. The number of nitriles is 1. The van der Waals surface area contributed by atoms with E-state index < -0.39 is 5.82 Å². The lowest BCUT2D eigenvalue weighted by atomic mass is 10.0. The number of ether oxygens (including phenoxy) is 1. The third-order valence-electron chi connectivity index (χ3n) is 4.67. The molecule has 1 N–H and O–H groups in total. The van der Waals surface area contributed by atoms with Gasteiger partial charge in [0.1, 0.15) is 17.6 Å². The first-order valence-electron chi connectivity index (χ1n) is 9.07. The van der Waals surface area contributed by atoms with Crippen molar-refractivity contribution in [2.75, 3.05) is 6.61 Å². The van der Waals surface area contributed by atoms with Crippen molar-refractivity contribution >= 4 is 10.9 Å². The zero-order valence-electron chi connectivity index (χ0n) is 15.2. The van der Waals surface area contributed by atoms with Crippen LogP contribution >= 0.6 is 0 Å². The highest BCUT2D eigenvalue weighted by Crippen LogP contribution is 2.25. The fourth-order valence-corrected chi connectivity index (χ4v) is 3.24. The first kappa shape index (κ1) is 17.7. The first-order chi connectivity index (χ1) is 13.7. The maximum Gasteiger partial charge on any atom is 0.140 e. The highest BCUT2D eigenvalue weighted by molar-refractivity contribution is 5.83. The molecule has 28 heavy (non-hydrogen) atoms. The number of hydrogen-bond acceptors (Lipinski definition) is 3. The molecule has 0 spiro atoms. The molecule has 4 nitrogen and oxygen atoms in total. The number of rotatable bonds is 6. The number of hydrogen-bond donors (Lipinski definition) is 1. The molecule has 0 amide bonds. The van der Waals surface area contributed by atoms with Gasteiger partial charge in [0.15, 0.2) is 0 Å². The zero-order valence-corrected chi connectivity index (χ0v) is 15.2. The number of aromatic amines is 1. The SMILES string of the molecule is N#Cc1cc(-c2cncc(OCCCc3c[nH]c4ccccc34)c2)ccc1F. The van der Waals surface area contributed by atoms with E-state index in [4.69, 9.17) is 10.00 Å². The zero-order chi connectivity index (χ0) is 19.3. The monoisotopic (exact) mass is 371 g/mol. The number of nitrogens with zero attached hydrogens (tertiary/aromatic N) is 2. The molecule has 0 radical (unpaired) electrons. The minimum absolute atomic E-state index is 0.0163. The molecule has 2 aromatic heterocycles. The number of aryl methyl sites for hydroxylation is 1. The smallest absolute Gasteiger partial charge is 0.140 e. The van der Waals surface area contributed by atoms with E-state index >= 15 is 0 Å². The van der Waals surface area contributed by atoms with Gasteiger partial charge >= 0.3 is 0 Å². The minimum atomic E-state index is -0.524. The summed E-state index contributed by atoms with van der Waals surface area (Å²) in [5.41, 5.74) is 3.95. The summed E-state index contributed by atoms with van der Waals surface area (Å²) in [6.45, 7) is 0.567. The molecule has 0 aliphatic heterocycles. The molecular formula is C23H18FN3O. The average Bonchev–Trinajstić information content (AvgIpc) is 3.15. The molecular weight excluding hydrogens is 353 g/mol. The molecule has 0 unspecified atom stereocenters. The van der Waals surface area contributed by atoms with E-state index in [-0.39, 0.29) is 5.56 Å². The predicted molar refractivity (Wildman–Crippen MR) is 106 cm³/mol. The molecule has 0 saturated heterocycles. The summed E-state index contributed by atoms with van der Waals surface area (Å²) in [5.74, 6) is 0.128. The normalized spacial score (nSPS) is 10.7. The second kappa shape index (κ2) is 7.93. The van der Waals surface area contributed by atoms with Gasteiger partial charge in [0, 0.05) is 28.9 Å². The van der Waals surface area contributed by atoms with Gasteiger partial charge in [0.05, 0.1) is 18.4 Å². The van der Waals surface area contributed by atoms with Crippen LogP contribution in [0.3, 0.4) is 0 Å². The topological polar surface area (TPSA) is 61.7 Å². The van der Waals surface area contributed by atoms with Gasteiger partial charge < -0.3 is 9.72 Å². The Balaban J connectivity index is 1.39. The summed E-state index contributed by atoms with van der Waals surface area (Å²) in [5, 5.41) is 10.2. The second-order valence-corrected chi connectivity index (χ2v) is 6.53. The van der Waals surface area contributed by atoms with Gasteiger partial charge in [-0.3, -0.25) is 4.98 Å². The lowest BCUT2D eigenvalue weighted by molar-refractivity contribution is 0.310. The summed E-state index contributed by atoms with van der Waals surface area (Å²) < 4.78 is 19.4. The third-order valence-corrected chi connectivity index (χ3v) is 4.67. The van der Waals surface area contributed by atoms with Gasteiger partial charge in [-0.1, -0.05) is 24.3 Å². The van der Waals surface area contributed by atoms with Crippen LogP contribution in [0.1, 0.15) is 17.5 Å². The van der Waals surface area contributed by atoms with Crippen LogP contribution in [0.25, 0.3) is 22.0 Å². The molecule has 2 aromatic carbocycles. The van der Waals surface area contributed by atoms with E-state index in [9.17, 15) is 4.39 Å². The van der Waals surface area contributed by atoms with Crippen molar-refractivity contribution in [1.29, 1.82) is 5.26 Å². The Morgan fingerprint density at radius 3 is 2.86 bits per heavy atom. The molecule has 0 bridgehead atoms. The largest absolute Gasteiger partial charge is 0.492 e. The maximum atomic E-state index is 13.5. The quantitative estimate of drug-likeness (QED) is 0.471. The lowest BCUT2D eigenvalue weighted by Gasteiger charge is -2.08. The van der Waals surface area contributed by atoms with Crippen LogP contribution in [0.15, 0.2) is 67.1 Å². The number of fused-ring (bicyclic) bond motifs is 1. The molecule has 0 aliphatic carbocycles. The summed E-state index contributed by atoms with van der Waals surface area (Å²) in [6, 6.07) is 16.4. The van der Waals surface area contributed by atoms with E-state index in [0.29, 0.717) is 12.4 Å². The first-order valence-corrected chi connectivity index (χ1v) is 9.07. The van der Waals surface area contributed by atoms with Gasteiger partial charge in [-0.15, -0.1) is 0 Å². The average molecular weight is 371 g/mol. The van der Waals surface area contributed by atoms with E-state index in [2.05, 4.69) is 22.1 Å². The minimum Gasteiger partial charge on any atom is -0.492 e. The molecule has 5 heteroatoms. The fraction of sp³-hybridized carbons (Fsp3) is 0.130. The Bertz CT molecular complexity index is 1160. The van der Waals surface area contributed by atoms with Crippen LogP contribution in [0.5, 0.6) is 5.75 Å². The highest BCUT2D eigenvalue weighted by Gasteiger charge is 2.07. The third kappa shape index (κ3) is 3.72. The Hall–Kier alpha value is -3.65.